The number of aliphatic hydroxyl groups is 1. The van der Waals surface area contributed by atoms with Gasteiger partial charge < -0.3 is 10.4 Å². The summed E-state index contributed by atoms with van der Waals surface area (Å²) in [6.07, 6.45) is 1.17. The maximum Gasteiger partial charge on any atom is 0.0701 e. The smallest absolute Gasteiger partial charge is 0.0701 e. The van der Waals surface area contributed by atoms with E-state index in [2.05, 4.69) is 19.2 Å². The Morgan fingerprint density at radius 1 is 1.36 bits per heavy atom. The lowest BCUT2D eigenvalue weighted by Crippen LogP contribution is -2.11. The summed E-state index contributed by atoms with van der Waals surface area (Å²) in [5.74, 6) is 0.668. The van der Waals surface area contributed by atoms with Gasteiger partial charge in [-0.2, -0.15) is 0 Å². The fourth-order valence-electron chi connectivity index (χ4n) is 1.26. The molecule has 0 aromatic heterocycles. The van der Waals surface area contributed by atoms with Crippen molar-refractivity contribution in [3.8, 4) is 0 Å². The topological polar surface area (TPSA) is 32.3 Å². The summed E-state index contributed by atoms with van der Waals surface area (Å²) in [4.78, 5) is 0. The summed E-state index contributed by atoms with van der Waals surface area (Å²) in [7, 11) is 0. The summed E-state index contributed by atoms with van der Waals surface area (Å²) < 4.78 is 0. The number of para-hydroxylation sites is 1. The molecule has 2 N–H and O–H groups in total. The second kappa shape index (κ2) is 5.66. The van der Waals surface area contributed by atoms with Crippen LogP contribution in [0.15, 0.2) is 24.3 Å². The summed E-state index contributed by atoms with van der Waals surface area (Å²) in [6, 6.07) is 7.88. The Morgan fingerprint density at radius 2 is 2.07 bits per heavy atom. The van der Waals surface area contributed by atoms with Crippen LogP contribution < -0.4 is 5.32 Å². The Bertz CT molecular complexity index is 273. The van der Waals surface area contributed by atoms with Gasteiger partial charge in [0.05, 0.1) is 6.61 Å². The molecular weight excluding hydrogens is 174 g/mol. The van der Waals surface area contributed by atoms with E-state index in [4.69, 9.17) is 5.11 Å². The molecule has 78 valence electrons. The molecule has 1 aromatic rings. The van der Waals surface area contributed by atoms with E-state index >= 15 is 0 Å². The van der Waals surface area contributed by atoms with E-state index < -0.39 is 0 Å². The monoisotopic (exact) mass is 193 g/mol. The molecule has 0 saturated heterocycles. The Balaban J connectivity index is 2.57. The predicted octanol–water partition coefficient (Wildman–Crippen LogP) is 2.64. The molecule has 0 spiro atoms. The minimum Gasteiger partial charge on any atom is -0.392 e. The van der Waals surface area contributed by atoms with Gasteiger partial charge in [0.2, 0.25) is 0 Å². The largest absolute Gasteiger partial charge is 0.392 e. The molecule has 0 amide bonds. The van der Waals surface area contributed by atoms with Gasteiger partial charge in [0.1, 0.15) is 0 Å². The van der Waals surface area contributed by atoms with Crippen LogP contribution >= 0.6 is 0 Å². The molecule has 0 unspecified atom stereocenters. The van der Waals surface area contributed by atoms with Crippen LogP contribution in [0.1, 0.15) is 25.8 Å². The maximum absolute atomic E-state index is 9.10. The Labute approximate surface area is 86.0 Å². The molecule has 2 heteroatoms. The second-order valence-electron chi connectivity index (χ2n) is 3.71. The SMILES string of the molecule is CC[C@@H](C)CNc1ccccc1CO. The van der Waals surface area contributed by atoms with Crippen LogP contribution in [0, 0.1) is 5.92 Å². The molecule has 0 heterocycles. The van der Waals surface area contributed by atoms with Gasteiger partial charge in [0, 0.05) is 17.8 Å². The average Bonchev–Trinajstić information content (AvgIpc) is 2.26. The summed E-state index contributed by atoms with van der Waals surface area (Å²) >= 11 is 0. The Kier molecular flexibility index (Phi) is 4.47. The molecule has 0 aliphatic rings. The highest BCUT2D eigenvalue weighted by atomic mass is 16.3. The second-order valence-corrected chi connectivity index (χ2v) is 3.71. The van der Waals surface area contributed by atoms with Gasteiger partial charge in [-0.1, -0.05) is 38.5 Å². The maximum atomic E-state index is 9.10. The number of aliphatic hydroxyl groups excluding tert-OH is 1. The summed E-state index contributed by atoms with van der Waals surface area (Å²) in [5, 5.41) is 12.5. The molecule has 1 rings (SSSR count). The lowest BCUT2D eigenvalue weighted by molar-refractivity contribution is 0.282. The third kappa shape index (κ3) is 3.04. The lowest BCUT2D eigenvalue weighted by Gasteiger charge is -2.13. The van der Waals surface area contributed by atoms with Crippen LogP contribution in [0.4, 0.5) is 5.69 Å². The van der Waals surface area contributed by atoms with Gasteiger partial charge in [0.15, 0.2) is 0 Å². The molecular formula is C12H19NO. The zero-order chi connectivity index (χ0) is 10.4. The first-order chi connectivity index (χ1) is 6.77. The van der Waals surface area contributed by atoms with Crippen molar-refractivity contribution in [3.05, 3.63) is 29.8 Å². The van der Waals surface area contributed by atoms with Crippen LogP contribution in [0.3, 0.4) is 0 Å². The molecule has 0 saturated carbocycles. The van der Waals surface area contributed by atoms with Crippen LogP contribution in [-0.2, 0) is 6.61 Å². The summed E-state index contributed by atoms with van der Waals surface area (Å²) in [5.41, 5.74) is 2.02. The van der Waals surface area contributed by atoms with E-state index in [0.29, 0.717) is 5.92 Å². The van der Waals surface area contributed by atoms with E-state index in [1.807, 2.05) is 24.3 Å². The Hall–Kier alpha value is -1.02. The van der Waals surface area contributed by atoms with Crippen molar-refractivity contribution in [2.24, 2.45) is 5.92 Å². The molecule has 0 aliphatic carbocycles. The predicted molar refractivity (Wildman–Crippen MR) is 60.3 cm³/mol. The van der Waals surface area contributed by atoms with E-state index in [9.17, 15) is 0 Å². The van der Waals surface area contributed by atoms with Gasteiger partial charge in [-0.05, 0) is 12.0 Å². The highest BCUT2D eigenvalue weighted by Crippen LogP contribution is 2.15. The van der Waals surface area contributed by atoms with Crippen LogP contribution in [0.2, 0.25) is 0 Å². The molecule has 1 aromatic carbocycles. The minimum absolute atomic E-state index is 0.101. The molecule has 1 atom stereocenters. The molecule has 0 bridgehead atoms. The van der Waals surface area contributed by atoms with Gasteiger partial charge in [-0.3, -0.25) is 0 Å². The van der Waals surface area contributed by atoms with Crippen molar-refractivity contribution in [3.63, 3.8) is 0 Å². The van der Waals surface area contributed by atoms with Crippen molar-refractivity contribution in [2.75, 3.05) is 11.9 Å². The summed E-state index contributed by atoms with van der Waals surface area (Å²) in [6.45, 7) is 5.47. The number of anilines is 1. The number of hydrogen-bond donors (Lipinski definition) is 2. The van der Waals surface area contributed by atoms with Crippen molar-refractivity contribution >= 4 is 5.69 Å². The lowest BCUT2D eigenvalue weighted by atomic mass is 10.1. The molecule has 0 fully saturated rings. The van der Waals surface area contributed by atoms with Gasteiger partial charge in [-0.15, -0.1) is 0 Å². The quantitative estimate of drug-likeness (QED) is 0.753. The van der Waals surface area contributed by atoms with E-state index in [1.165, 1.54) is 6.42 Å². The first-order valence-corrected chi connectivity index (χ1v) is 5.20. The zero-order valence-corrected chi connectivity index (χ0v) is 8.96. The number of nitrogens with one attached hydrogen (secondary N) is 1. The standard InChI is InChI=1S/C12H19NO/c1-3-10(2)8-13-12-7-5-4-6-11(12)9-14/h4-7,10,13-14H,3,8-9H2,1-2H3/t10-/m1/s1. The van der Waals surface area contributed by atoms with Crippen molar-refractivity contribution in [2.45, 2.75) is 26.9 Å². The average molecular weight is 193 g/mol. The van der Waals surface area contributed by atoms with Crippen LogP contribution in [0.25, 0.3) is 0 Å². The van der Waals surface area contributed by atoms with Crippen LogP contribution in [0.5, 0.6) is 0 Å². The minimum atomic E-state index is 0.101. The van der Waals surface area contributed by atoms with Crippen molar-refractivity contribution < 1.29 is 5.11 Å². The molecule has 0 radical (unpaired) electrons. The zero-order valence-electron chi connectivity index (χ0n) is 8.96. The van der Waals surface area contributed by atoms with E-state index in [-0.39, 0.29) is 6.61 Å². The van der Waals surface area contributed by atoms with Gasteiger partial charge in [-0.25, -0.2) is 0 Å². The fraction of sp³-hybridized carbons (Fsp3) is 0.500. The highest BCUT2D eigenvalue weighted by molar-refractivity contribution is 5.50. The van der Waals surface area contributed by atoms with E-state index in [1.54, 1.807) is 0 Å². The van der Waals surface area contributed by atoms with Gasteiger partial charge in [0.25, 0.3) is 0 Å². The third-order valence-electron chi connectivity index (χ3n) is 2.53. The first kappa shape index (κ1) is 11.1. The normalized spacial score (nSPS) is 12.5. The van der Waals surface area contributed by atoms with Crippen LogP contribution in [-0.4, -0.2) is 11.7 Å². The van der Waals surface area contributed by atoms with Gasteiger partial charge >= 0.3 is 0 Å². The fourth-order valence-corrected chi connectivity index (χ4v) is 1.26. The van der Waals surface area contributed by atoms with Crippen molar-refractivity contribution in [1.29, 1.82) is 0 Å². The van der Waals surface area contributed by atoms with Crippen molar-refractivity contribution in [1.82, 2.24) is 0 Å². The first-order valence-electron chi connectivity index (χ1n) is 5.20. The highest BCUT2D eigenvalue weighted by Gasteiger charge is 2.01. The molecule has 0 aliphatic heterocycles. The number of hydrogen-bond acceptors (Lipinski definition) is 2. The molecule has 2 nitrogen and oxygen atoms in total. The number of rotatable bonds is 5. The third-order valence-corrected chi connectivity index (χ3v) is 2.53. The Morgan fingerprint density at radius 3 is 2.71 bits per heavy atom. The number of benzene rings is 1. The molecule has 14 heavy (non-hydrogen) atoms. The van der Waals surface area contributed by atoms with E-state index in [0.717, 1.165) is 17.8 Å².